The number of carbonyl (C=O) groups is 3. The highest BCUT2D eigenvalue weighted by atomic mass is 16.6. The average molecular weight is 397 g/mol. The molecular formula is C19H15N3O7. The second-order valence-corrected chi connectivity index (χ2v) is 6.25. The number of hydrogen-bond acceptors (Lipinski definition) is 6. The summed E-state index contributed by atoms with van der Waals surface area (Å²) in [5.41, 5.74) is 0.605. The van der Waals surface area contributed by atoms with Gasteiger partial charge in [-0.25, -0.2) is 4.79 Å². The molecule has 0 saturated heterocycles. The Morgan fingerprint density at radius 2 is 1.83 bits per heavy atom. The van der Waals surface area contributed by atoms with E-state index in [-0.39, 0.29) is 28.8 Å². The van der Waals surface area contributed by atoms with Gasteiger partial charge in [-0.05, 0) is 23.8 Å². The number of aromatic hydroxyl groups is 1. The maximum Gasteiger partial charge on any atom is 0.326 e. The molecule has 1 heterocycles. The van der Waals surface area contributed by atoms with Gasteiger partial charge in [-0.3, -0.25) is 19.7 Å². The van der Waals surface area contributed by atoms with E-state index in [4.69, 9.17) is 0 Å². The van der Waals surface area contributed by atoms with E-state index in [1.54, 1.807) is 0 Å². The second-order valence-electron chi connectivity index (χ2n) is 6.25. The van der Waals surface area contributed by atoms with Gasteiger partial charge >= 0.3 is 5.97 Å². The largest absolute Gasteiger partial charge is 0.508 e. The van der Waals surface area contributed by atoms with E-state index in [0.29, 0.717) is 11.1 Å². The molecule has 0 aliphatic carbocycles. The zero-order valence-corrected chi connectivity index (χ0v) is 14.8. The number of H-pyrrole nitrogens is 1. The summed E-state index contributed by atoms with van der Waals surface area (Å²) in [6.07, 6.45) is 1.14. The summed E-state index contributed by atoms with van der Waals surface area (Å²) >= 11 is 0. The highest BCUT2D eigenvalue weighted by Crippen LogP contribution is 2.24. The molecule has 0 bridgehead atoms. The molecule has 0 spiro atoms. The maximum atomic E-state index is 12.5. The standard InChI is InChI=1S/C19H15N3O7/c23-12-4-1-10(2-5-12)7-16(19(26)27)21-18(25)17(24)14-9-20-15-6-3-11(22(28)29)8-13(14)15/h1-6,8-9,16,20,23H,7H2,(H,21,25)(H,26,27). The number of aliphatic carboxylic acids is 1. The molecule has 10 heteroatoms. The molecule has 1 aromatic heterocycles. The number of nitro benzene ring substituents is 1. The summed E-state index contributed by atoms with van der Waals surface area (Å²) in [5.74, 6) is -3.50. The minimum atomic E-state index is -1.38. The second kappa shape index (κ2) is 7.80. The highest BCUT2D eigenvalue weighted by molar-refractivity contribution is 6.45. The van der Waals surface area contributed by atoms with Crippen molar-refractivity contribution < 1.29 is 29.5 Å². The number of carboxylic acids is 1. The molecule has 1 amide bonds. The fraction of sp³-hybridized carbons (Fsp3) is 0.105. The molecule has 3 aromatic rings. The van der Waals surface area contributed by atoms with E-state index >= 15 is 0 Å². The fourth-order valence-electron chi connectivity index (χ4n) is 2.82. The number of Topliss-reactive ketones (excluding diaryl/α,β-unsaturated/α-hetero) is 1. The summed E-state index contributed by atoms with van der Waals surface area (Å²) in [5, 5.41) is 32.0. The van der Waals surface area contributed by atoms with Crippen LogP contribution >= 0.6 is 0 Å². The number of carboxylic acid groups (broad SMARTS) is 1. The fourth-order valence-corrected chi connectivity index (χ4v) is 2.82. The third-order valence-electron chi connectivity index (χ3n) is 4.31. The number of hydrogen-bond donors (Lipinski definition) is 4. The van der Waals surface area contributed by atoms with Crippen LogP contribution in [0.3, 0.4) is 0 Å². The number of amides is 1. The third-order valence-corrected chi connectivity index (χ3v) is 4.31. The van der Waals surface area contributed by atoms with Crippen molar-refractivity contribution >= 4 is 34.3 Å². The van der Waals surface area contributed by atoms with Crippen LogP contribution in [-0.2, 0) is 16.0 Å². The van der Waals surface area contributed by atoms with Gasteiger partial charge in [0.25, 0.3) is 17.4 Å². The third kappa shape index (κ3) is 4.21. The van der Waals surface area contributed by atoms with E-state index in [1.807, 2.05) is 0 Å². The summed E-state index contributed by atoms with van der Waals surface area (Å²) in [6, 6.07) is 8.20. The number of non-ortho nitro benzene ring substituents is 1. The summed E-state index contributed by atoms with van der Waals surface area (Å²) < 4.78 is 0. The molecule has 10 nitrogen and oxygen atoms in total. The van der Waals surface area contributed by atoms with Crippen LogP contribution in [0.15, 0.2) is 48.7 Å². The first kappa shape index (κ1) is 19.5. The van der Waals surface area contributed by atoms with E-state index in [9.17, 15) is 34.7 Å². The van der Waals surface area contributed by atoms with Crippen molar-refractivity contribution in [2.24, 2.45) is 0 Å². The van der Waals surface area contributed by atoms with Gasteiger partial charge in [0.1, 0.15) is 11.8 Å². The summed E-state index contributed by atoms with van der Waals surface area (Å²) in [6.45, 7) is 0. The lowest BCUT2D eigenvalue weighted by Gasteiger charge is -2.14. The van der Waals surface area contributed by atoms with Crippen molar-refractivity contribution in [1.29, 1.82) is 0 Å². The van der Waals surface area contributed by atoms with Gasteiger partial charge in [0.15, 0.2) is 0 Å². The first-order valence-corrected chi connectivity index (χ1v) is 8.37. The lowest BCUT2D eigenvalue weighted by atomic mass is 10.0. The van der Waals surface area contributed by atoms with E-state index < -0.39 is 28.6 Å². The number of benzene rings is 2. The molecule has 1 unspecified atom stereocenters. The van der Waals surface area contributed by atoms with Crippen LogP contribution in [0, 0.1) is 10.1 Å². The zero-order valence-electron chi connectivity index (χ0n) is 14.8. The van der Waals surface area contributed by atoms with Crippen LogP contribution in [0.5, 0.6) is 5.75 Å². The molecule has 0 saturated carbocycles. The lowest BCUT2D eigenvalue weighted by Crippen LogP contribution is -2.45. The predicted molar refractivity (Wildman–Crippen MR) is 101 cm³/mol. The van der Waals surface area contributed by atoms with Crippen LogP contribution in [-0.4, -0.2) is 43.8 Å². The van der Waals surface area contributed by atoms with Crippen LogP contribution in [0.2, 0.25) is 0 Å². The molecule has 0 fully saturated rings. The van der Waals surface area contributed by atoms with Crippen molar-refractivity contribution in [3.8, 4) is 5.75 Å². The van der Waals surface area contributed by atoms with Crippen LogP contribution < -0.4 is 5.32 Å². The molecular weight excluding hydrogens is 382 g/mol. The highest BCUT2D eigenvalue weighted by Gasteiger charge is 2.27. The number of rotatable bonds is 7. The first-order valence-electron chi connectivity index (χ1n) is 8.37. The number of nitrogens with one attached hydrogen (secondary N) is 2. The number of aromatic amines is 1. The molecule has 148 valence electrons. The Kier molecular flexibility index (Phi) is 5.26. The number of fused-ring (bicyclic) bond motifs is 1. The number of carbonyl (C=O) groups excluding carboxylic acids is 2. The normalized spacial score (nSPS) is 11.7. The molecule has 29 heavy (non-hydrogen) atoms. The lowest BCUT2D eigenvalue weighted by molar-refractivity contribution is -0.384. The number of nitrogens with zero attached hydrogens (tertiary/aromatic N) is 1. The monoisotopic (exact) mass is 397 g/mol. The van der Waals surface area contributed by atoms with Crippen molar-refractivity contribution in [3.63, 3.8) is 0 Å². The number of phenolic OH excluding ortho intramolecular Hbond substituents is 1. The average Bonchev–Trinajstić information content (AvgIpc) is 3.11. The molecule has 0 aliphatic rings. The molecule has 0 aliphatic heterocycles. The Labute approximate surface area is 162 Å². The van der Waals surface area contributed by atoms with E-state index in [2.05, 4.69) is 10.3 Å². The zero-order chi connectivity index (χ0) is 21.1. The van der Waals surface area contributed by atoms with Gasteiger partial charge in [0.2, 0.25) is 0 Å². The molecule has 3 rings (SSSR count). The maximum absolute atomic E-state index is 12.5. The van der Waals surface area contributed by atoms with Crippen LogP contribution in [0.25, 0.3) is 10.9 Å². The molecule has 1 atom stereocenters. The number of ketones is 1. The molecule has 0 radical (unpaired) electrons. The van der Waals surface area contributed by atoms with Crippen LogP contribution in [0.1, 0.15) is 15.9 Å². The Morgan fingerprint density at radius 3 is 2.45 bits per heavy atom. The van der Waals surface area contributed by atoms with Gasteiger partial charge in [-0.1, -0.05) is 12.1 Å². The Bertz CT molecular complexity index is 1120. The van der Waals surface area contributed by atoms with Gasteiger partial charge in [-0.2, -0.15) is 0 Å². The van der Waals surface area contributed by atoms with E-state index in [0.717, 1.165) is 6.07 Å². The van der Waals surface area contributed by atoms with Gasteiger partial charge in [-0.15, -0.1) is 0 Å². The summed E-state index contributed by atoms with van der Waals surface area (Å²) in [7, 11) is 0. The predicted octanol–water partition coefficient (Wildman–Crippen LogP) is 1.78. The van der Waals surface area contributed by atoms with Crippen molar-refractivity contribution in [2.45, 2.75) is 12.5 Å². The van der Waals surface area contributed by atoms with Gasteiger partial charge in [0, 0.05) is 35.7 Å². The Balaban J connectivity index is 1.81. The SMILES string of the molecule is O=C(NC(Cc1ccc(O)cc1)C(=O)O)C(=O)c1c[nH]c2ccc([N+](=O)[O-])cc12. The Hall–Kier alpha value is -4.21. The van der Waals surface area contributed by atoms with Gasteiger partial charge in [0.05, 0.1) is 10.5 Å². The number of nitro groups is 1. The first-order chi connectivity index (χ1) is 13.8. The quantitative estimate of drug-likeness (QED) is 0.204. The number of aromatic nitrogens is 1. The number of phenols is 1. The van der Waals surface area contributed by atoms with Crippen LogP contribution in [0.4, 0.5) is 5.69 Å². The van der Waals surface area contributed by atoms with Crippen molar-refractivity contribution in [3.05, 3.63) is 69.9 Å². The minimum Gasteiger partial charge on any atom is -0.508 e. The van der Waals surface area contributed by atoms with Gasteiger partial charge < -0.3 is 20.5 Å². The molecule has 4 N–H and O–H groups in total. The minimum absolute atomic E-state index is 0.00766. The van der Waals surface area contributed by atoms with Crippen molar-refractivity contribution in [2.75, 3.05) is 0 Å². The molecule has 2 aromatic carbocycles. The topological polar surface area (TPSA) is 163 Å². The summed E-state index contributed by atoms with van der Waals surface area (Å²) in [4.78, 5) is 49.4. The Morgan fingerprint density at radius 1 is 1.14 bits per heavy atom. The van der Waals surface area contributed by atoms with Crippen molar-refractivity contribution in [1.82, 2.24) is 10.3 Å². The van der Waals surface area contributed by atoms with E-state index in [1.165, 1.54) is 42.6 Å². The smallest absolute Gasteiger partial charge is 0.326 e.